The van der Waals surface area contributed by atoms with Crippen molar-refractivity contribution in [3.63, 3.8) is 0 Å². The van der Waals surface area contributed by atoms with Crippen molar-refractivity contribution in [3.8, 4) is 0 Å². The normalized spacial score (nSPS) is 12.1. The lowest BCUT2D eigenvalue weighted by molar-refractivity contribution is -0.147. The molecule has 1 aromatic rings. The van der Waals surface area contributed by atoms with Crippen LogP contribution in [0.5, 0.6) is 0 Å². The maximum absolute atomic E-state index is 11.4. The minimum absolute atomic E-state index is 0.414. The number of carboxylic acids is 1. The number of hydrogen-bond acceptors (Lipinski definition) is 3. The van der Waals surface area contributed by atoms with Gasteiger partial charge in [0, 0.05) is 13.1 Å². The van der Waals surface area contributed by atoms with Gasteiger partial charge >= 0.3 is 5.97 Å². The molecule has 0 saturated carbocycles. The third-order valence-corrected chi connectivity index (χ3v) is 2.67. The van der Waals surface area contributed by atoms with E-state index in [1.54, 1.807) is 10.9 Å². The largest absolute Gasteiger partial charge is 0.479 e. The second-order valence-corrected chi connectivity index (χ2v) is 4.10. The highest BCUT2D eigenvalue weighted by atomic mass is 16.4. The monoisotopic (exact) mass is 253 g/mol. The van der Waals surface area contributed by atoms with E-state index < -0.39 is 12.0 Å². The number of carboxylic acid groups (broad SMARTS) is 1. The van der Waals surface area contributed by atoms with Crippen LogP contribution in [0.1, 0.15) is 38.4 Å². The lowest BCUT2D eigenvalue weighted by Gasteiger charge is -2.25. The van der Waals surface area contributed by atoms with Gasteiger partial charge in [0.2, 0.25) is 6.41 Å². The van der Waals surface area contributed by atoms with Crippen molar-refractivity contribution in [2.75, 3.05) is 6.54 Å². The van der Waals surface area contributed by atoms with Gasteiger partial charge in [0.15, 0.2) is 6.04 Å². The Morgan fingerprint density at radius 3 is 2.78 bits per heavy atom. The number of amides is 1. The van der Waals surface area contributed by atoms with Crippen LogP contribution < -0.4 is 0 Å². The molecule has 0 aliphatic carbocycles. The number of hydrogen-bond donors (Lipinski definition) is 1. The molecular formula is C12H19N3O3. The maximum Gasteiger partial charge on any atom is 0.332 e. The standard InChI is InChI=1S/C12H19N3O3/c1-3-5-14-8-13-7-10(14)11(12(17)18)15(9-16)6-4-2/h7-9,11H,3-6H2,1-2H3,(H,17,18). The summed E-state index contributed by atoms with van der Waals surface area (Å²) < 4.78 is 1.78. The van der Waals surface area contributed by atoms with E-state index in [9.17, 15) is 14.7 Å². The molecule has 0 aliphatic rings. The molecule has 1 amide bonds. The van der Waals surface area contributed by atoms with Crippen molar-refractivity contribution in [1.82, 2.24) is 14.5 Å². The van der Waals surface area contributed by atoms with Crippen LogP contribution in [-0.4, -0.2) is 38.5 Å². The van der Waals surface area contributed by atoms with Crippen LogP contribution in [0.4, 0.5) is 0 Å². The van der Waals surface area contributed by atoms with Crippen molar-refractivity contribution in [1.29, 1.82) is 0 Å². The first-order chi connectivity index (χ1) is 8.65. The van der Waals surface area contributed by atoms with Crippen molar-refractivity contribution in [3.05, 3.63) is 18.2 Å². The molecule has 18 heavy (non-hydrogen) atoms. The van der Waals surface area contributed by atoms with E-state index in [4.69, 9.17) is 0 Å². The van der Waals surface area contributed by atoms with Crippen molar-refractivity contribution in [2.45, 2.75) is 39.3 Å². The fourth-order valence-corrected chi connectivity index (χ4v) is 1.93. The van der Waals surface area contributed by atoms with E-state index in [-0.39, 0.29) is 0 Å². The number of nitrogens with zero attached hydrogens (tertiary/aromatic N) is 3. The maximum atomic E-state index is 11.4. The van der Waals surface area contributed by atoms with Gasteiger partial charge in [0.05, 0.1) is 18.2 Å². The van der Waals surface area contributed by atoms with Gasteiger partial charge in [-0.05, 0) is 12.8 Å². The van der Waals surface area contributed by atoms with Crippen molar-refractivity contribution in [2.24, 2.45) is 0 Å². The van der Waals surface area contributed by atoms with Crippen LogP contribution in [0, 0.1) is 0 Å². The van der Waals surface area contributed by atoms with E-state index >= 15 is 0 Å². The number of rotatable bonds is 8. The Hall–Kier alpha value is -1.85. The predicted octanol–water partition coefficient (Wildman–Crippen LogP) is 1.29. The first kappa shape index (κ1) is 14.2. The number of carbonyl (C=O) groups is 2. The van der Waals surface area contributed by atoms with Crippen LogP contribution in [-0.2, 0) is 16.1 Å². The number of aliphatic carboxylic acids is 1. The van der Waals surface area contributed by atoms with E-state index in [1.165, 1.54) is 11.1 Å². The van der Waals surface area contributed by atoms with E-state index in [2.05, 4.69) is 4.98 Å². The smallest absolute Gasteiger partial charge is 0.332 e. The topological polar surface area (TPSA) is 75.4 Å². The number of aromatic nitrogens is 2. The molecule has 0 aliphatic heterocycles. The van der Waals surface area contributed by atoms with Crippen molar-refractivity contribution < 1.29 is 14.7 Å². The van der Waals surface area contributed by atoms with Gasteiger partial charge < -0.3 is 14.6 Å². The molecule has 0 aromatic carbocycles. The predicted molar refractivity (Wildman–Crippen MR) is 66.0 cm³/mol. The lowest BCUT2D eigenvalue weighted by Crippen LogP contribution is -2.35. The quantitative estimate of drug-likeness (QED) is 0.708. The van der Waals surface area contributed by atoms with Gasteiger partial charge in [-0.3, -0.25) is 4.79 Å². The van der Waals surface area contributed by atoms with E-state index in [0.717, 1.165) is 6.42 Å². The fraction of sp³-hybridized carbons (Fsp3) is 0.583. The average molecular weight is 253 g/mol. The molecule has 1 N–H and O–H groups in total. The molecule has 1 aromatic heterocycles. The van der Waals surface area contributed by atoms with Crippen molar-refractivity contribution >= 4 is 12.4 Å². The summed E-state index contributed by atoms with van der Waals surface area (Å²) in [4.78, 5) is 27.7. The summed E-state index contributed by atoms with van der Waals surface area (Å²) in [5.41, 5.74) is 0.546. The zero-order valence-corrected chi connectivity index (χ0v) is 10.7. The van der Waals surface area contributed by atoms with Crippen LogP contribution in [0.15, 0.2) is 12.5 Å². The summed E-state index contributed by atoms with van der Waals surface area (Å²) in [5, 5.41) is 9.32. The SMILES string of the molecule is CCCN(C=O)C(C(=O)O)c1cncn1CCC. The number of carbonyl (C=O) groups excluding carboxylic acids is 1. The second-order valence-electron chi connectivity index (χ2n) is 4.10. The summed E-state index contributed by atoms with van der Waals surface area (Å²) >= 11 is 0. The first-order valence-corrected chi connectivity index (χ1v) is 6.09. The Balaban J connectivity index is 3.06. The highest BCUT2D eigenvalue weighted by molar-refractivity contribution is 5.77. The Morgan fingerprint density at radius 2 is 2.28 bits per heavy atom. The van der Waals surface area contributed by atoms with Crippen LogP contribution in [0.25, 0.3) is 0 Å². The average Bonchev–Trinajstić information content (AvgIpc) is 2.77. The molecule has 6 heteroatoms. The van der Waals surface area contributed by atoms with E-state index in [0.29, 0.717) is 31.6 Å². The molecule has 1 rings (SSSR count). The summed E-state index contributed by atoms with van der Waals surface area (Å²) in [6, 6.07) is -0.962. The van der Waals surface area contributed by atoms with Gasteiger partial charge in [0.25, 0.3) is 0 Å². The summed E-state index contributed by atoms with van der Waals surface area (Å²) in [5.74, 6) is -1.03. The molecule has 1 atom stereocenters. The minimum Gasteiger partial charge on any atom is -0.479 e. The Kier molecular flexibility index (Phi) is 5.35. The zero-order chi connectivity index (χ0) is 13.5. The zero-order valence-electron chi connectivity index (χ0n) is 10.7. The second kappa shape index (κ2) is 6.78. The fourth-order valence-electron chi connectivity index (χ4n) is 1.93. The molecule has 0 radical (unpaired) electrons. The summed E-state index contributed by atoms with van der Waals surface area (Å²) in [6.07, 6.45) is 5.30. The lowest BCUT2D eigenvalue weighted by atomic mass is 10.2. The van der Waals surface area contributed by atoms with Gasteiger partial charge in [-0.25, -0.2) is 9.78 Å². The third kappa shape index (κ3) is 3.09. The highest BCUT2D eigenvalue weighted by Crippen LogP contribution is 2.20. The van der Waals surface area contributed by atoms with Gasteiger partial charge in [0.1, 0.15) is 0 Å². The molecule has 0 fully saturated rings. The Morgan fingerprint density at radius 1 is 1.56 bits per heavy atom. The van der Waals surface area contributed by atoms with Crippen LogP contribution >= 0.6 is 0 Å². The molecule has 0 bridgehead atoms. The van der Waals surface area contributed by atoms with Gasteiger partial charge in [-0.15, -0.1) is 0 Å². The molecular weight excluding hydrogens is 234 g/mol. The molecule has 0 spiro atoms. The molecule has 1 heterocycles. The Labute approximate surface area is 106 Å². The summed E-state index contributed by atoms with van der Waals surface area (Å²) in [6.45, 7) is 5.01. The molecule has 6 nitrogen and oxygen atoms in total. The van der Waals surface area contributed by atoms with E-state index in [1.807, 2.05) is 13.8 Å². The first-order valence-electron chi connectivity index (χ1n) is 6.09. The summed E-state index contributed by atoms with van der Waals surface area (Å²) in [7, 11) is 0. The molecule has 0 saturated heterocycles. The number of aryl methyl sites for hydroxylation is 1. The third-order valence-electron chi connectivity index (χ3n) is 2.67. The van der Waals surface area contributed by atoms with Crippen LogP contribution in [0.3, 0.4) is 0 Å². The van der Waals surface area contributed by atoms with Gasteiger partial charge in [-0.2, -0.15) is 0 Å². The minimum atomic E-state index is -1.03. The highest BCUT2D eigenvalue weighted by Gasteiger charge is 2.28. The molecule has 1 unspecified atom stereocenters. The van der Waals surface area contributed by atoms with Crippen LogP contribution in [0.2, 0.25) is 0 Å². The number of imidazole rings is 1. The van der Waals surface area contributed by atoms with Gasteiger partial charge in [-0.1, -0.05) is 13.8 Å². The molecule has 100 valence electrons. The Bertz CT molecular complexity index is 403.